The van der Waals surface area contributed by atoms with Gasteiger partial charge in [0.15, 0.2) is 0 Å². The molecule has 316 valence electrons. The van der Waals surface area contributed by atoms with E-state index in [1.54, 1.807) is 28.2 Å². The average Bonchev–Trinajstić information content (AvgIpc) is 3.90. The molecule has 10 aromatic rings. The molecular weight excluding hydrogens is 902 g/mol. The van der Waals surface area contributed by atoms with Crippen molar-refractivity contribution in [3.63, 3.8) is 0 Å². The molecule has 0 aliphatic rings. The minimum absolute atomic E-state index is 0.782. The number of nitrogens with zero attached hydrogens (tertiary/aromatic N) is 2. The molecule has 0 fully saturated rings. The molecule has 0 saturated carbocycles. The molecule has 0 bridgehead atoms. The molecule has 0 unspecified atom stereocenters. The minimum atomic E-state index is -1.51. The van der Waals surface area contributed by atoms with Crippen LogP contribution < -0.4 is 0 Å². The molecule has 0 saturated heterocycles. The van der Waals surface area contributed by atoms with Crippen LogP contribution in [0.3, 0.4) is 0 Å². The Morgan fingerprint density at radius 2 is 0.369 bits per heavy atom. The van der Waals surface area contributed by atoms with Crippen molar-refractivity contribution in [2.75, 3.05) is 28.2 Å². The van der Waals surface area contributed by atoms with E-state index < -0.39 is 31.7 Å². The van der Waals surface area contributed by atoms with Crippen molar-refractivity contribution in [3.05, 3.63) is 253 Å². The molecule has 0 amide bonds. The van der Waals surface area contributed by atoms with Crippen LogP contribution >= 0.6 is 9.65 Å². The summed E-state index contributed by atoms with van der Waals surface area (Å²) >= 11 is -1.51. The van der Waals surface area contributed by atoms with E-state index in [4.69, 9.17) is 0 Å². The van der Waals surface area contributed by atoms with Crippen molar-refractivity contribution in [2.24, 2.45) is 0 Å². The Balaban J connectivity index is 0.000000912. The summed E-state index contributed by atoms with van der Waals surface area (Å²) in [5, 5.41) is 13.1. The maximum atomic E-state index is 3.50. The van der Waals surface area contributed by atoms with Gasteiger partial charge in [-0.3, -0.25) is 0 Å². The van der Waals surface area contributed by atoms with Gasteiger partial charge in [0.2, 0.25) is 0 Å². The molecule has 8 aromatic carbocycles. The van der Waals surface area contributed by atoms with Gasteiger partial charge in [-0.1, -0.05) is 0 Å². The first-order valence-corrected chi connectivity index (χ1v) is 31.2. The number of hydrogen-bond acceptors (Lipinski definition) is 0. The summed E-state index contributed by atoms with van der Waals surface area (Å²) in [6.07, 6.45) is 0. The Labute approximate surface area is 398 Å². The predicted molar refractivity (Wildman–Crippen MR) is 283 cm³/mol. The van der Waals surface area contributed by atoms with Crippen LogP contribution in [0.5, 0.6) is 0 Å². The molecule has 0 N–H and O–H groups in total. The van der Waals surface area contributed by atoms with Crippen molar-refractivity contribution in [2.45, 2.75) is 0 Å². The van der Waals surface area contributed by atoms with Gasteiger partial charge in [-0.25, -0.2) is 0 Å². The van der Waals surface area contributed by atoms with E-state index in [0.29, 0.717) is 0 Å². The van der Waals surface area contributed by atoms with Crippen molar-refractivity contribution in [3.8, 4) is 87.9 Å². The second-order valence-corrected chi connectivity index (χ2v) is 30.4. The van der Waals surface area contributed by atoms with Crippen LogP contribution in [0.15, 0.2) is 243 Å². The Hall–Kier alpha value is -5.88. The number of benzene rings is 8. The summed E-state index contributed by atoms with van der Waals surface area (Å²) in [5.74, 6) is 0. The predicted octanol–water partition coefficient (Wildman–Crippen LogP) is 18.5. The van der Waals surface area contributed by atoms with Gasteiger partial charge in [-0.05, 0) is 0 Å². The fraction of sp³-hybridized carbons (Fsp3) is 0.0667. The quantitative estimate of drug-likeness (QED) is 0.131. The first-order chi connectivity index (χ1) is 32.2. The van der Waals surface area contributed by atoms with E-state index >= 15 is 0 Å². The molecule has 65 heavy (non-hydrogen) atoms. The zero-order chi connectivity index (χ0) is 44.8. The van der Waals surface area contributed by atoms with Gasteiger partial charge in [0.1, 0.15) is 0 Å². The standard InChI is InChI=1S/2C28H20P.2C2H6N.Zr/c2*1-5-13-21(14-6-1)25-26(22-15-7-2-8-16-22)28(24-19-11-4-12-20-24)29-27(25)23-17-9-3-10-18-23;2*1-3-2;/h2*1-20H;2*1-2H3;/q4*-1;+4. The molecule has 5 heteroatoms. The van der Waals surface area contributed by atoms with Crippen molar-refractivity contribution >= 4 is 9.65 Å². The average molecular weight is 954 g/mol. The zero-order valence-corrected chi connectivity index (χ0v) is 41.6. The topological polar surface area (TPSA) is 28.2 Å². The van der Waals surface area contributed by atoms with E-state index in [-0.39, 0.29) is 0 Å². The fourth-order valence-corrected chi connectivity index (χ4v) is 35.2. The molecule has 2 heterocycles. The van der Waals surface area contributed by atoms with E-state index in [1.165, 1.54) is 87.9 Å². The summed E-state index contributed by atoms with van der Waals surface area (Å²) in [4.78, 5) is -1.56. The van der Waals surface area contributed by atoms with Crippen LogP contribution in [0, 0.1) is 0 Å². The molecule has 0 aliphatic carbocycles. The third-order valence-electron chi connectivity index (χ3n) is 11.0. The summed E-state index contributed by atoms with van der Waals surface area (Å²) < 4.78 is 0. The SMILES string of the molecule is C[N-]C.C[N-]C.c1ccc(-c2c(-c3ccccc3)c(-c3ccccc3)[p]([Zr+2][p]3c(-c4ccccc4)c(-c4ccccc4)c(-c4ccccc4)c3-c3ccccc3)c2-c2ccccc2)cc1. The molecule has 0 radical (unpaired) electrons. The van der Waals surface area contributed by atoms with E-state index in [1.807, 2.05) is 0 Å². The Kier molecular flexibility index (Phi) is 16.1. The molecular formula is C60H52N2P2Zr. The number of rotatable bonds is 10. The van der Waals surface area contributed by atoms with E-state index in [9.17, 15) is 0 Å². The van der Waals surface area contributed by atoms with Gasteiger partial charge in [0.05, 0.1) is 0 Å². The molecule has 0 atom stereocenters. The van der Waals surface area contributed by atoms with Gasteiger partial charge in [0.25, 0.3) is 0 Å². The monoisotopic (exact) mass is 952 g/mol. The third kappa shape index (κ3) is 10.2. The summed E-state index contributed by atoms with van der Waals surface area (Å²) in [7, 11) is 7.00. The summed E-state index contributed by atoms with van der Waals surface area (Å²) in [5.41, 5.74) is 16.1. The Bertz CT molecular complexity index is 2580. The van der Waals surface area contributed by atoms with E-state index in [2.05, 4.69) is 253 Å². The van der Waals surface area contributed by atoms with Crippen LogP contribution in [0.4, 0.5) is 0 Å². The summed E-state index contributed by atoms with van der Waals surface area (Å²) in [6.45, 7) is 0. The van der Waals surface area contributed by atoms with Gasteiger partial charge in [-0.15, -0.1) is 0 Å². The summed E-state index contributed by atoms with van der Waals surface area (Å²) in [6, 6.07) is 90.5. The molecule has 0 spiro atoms. The first kappa shape index (κ1) is 45.7. The number of hydrogen-bond donors (Lipinski definition) is 0. The molecule has 2 nitrogen and oxygen atoms in total. The second kappa shape index (κ2) is 22.8. The van der Waals surface area contributed by atoms with Crippen LogP contribution in [0.25, 0.3) is 98.6 Å². The molecule has 2 aromatic heterocycles. The van der Waals surface area contributed by atoms with Crippen LogP contribution in [-0.2, 0) is 22.1 Å². The zero-order valence-electron chi connectivity index (χ0n) is 37.4. The van der Waals surface area contributed by atoms with Crippen LogP contribution in [0.2, 0.25) is 0 Å². The van der Waals surface area contributed by atoms with Crippen molar-refractivity contribution in [1.29, 1.82) is 0 Å². The van der Waals surface area contributed by atoms with Crippen molar-refractivity contribution < 1.29 is 22.1 Å². The molecule has 10 rings (SSSR count). The Morgan fingerprint density at radius 3 is 0.523 bits per heavy atom. The Morgan fingerprint density at radius 1 is 0.231 bits per heavy atom. The van der Waals surface area contributed by atoms with Crippen LogP contribution in [-0.4, -0.2) is 28.2 Å². The molecule has 0 aliphatic heterocycles. The third-order valence-corrected chi connectivity index (χ3v) is 31.7. The van der Waals surface area contributed by atoms with Gasteiger partial charge < -0.3 is 10.6 Å². The van der Waals surface area contributed by atoms with Gasteiger partial charge in [0, 0.05) is 0 Å². The fourth-order valence-electron chi connectivity index (χ4n) is 8.47. The van der Waals surface area contributed by atoms with Crippen molar-refractivity contribution in [1.82, 2.24) is 0 Å². The maximum absolute atomic E-state index is 3.50. The van der Waals surface area contributed by atoms with Gasteiger partial charge >= 0.3 is 362 Å². The normalized spacial score (nSPS) is 10.5. The van der Waals surface area contributed by atoms with Gasteiger partial charge in [-0.2, -0.15) is 28.2 Å². The van der Waals surface area contributed by atoms with E-state index in [0.717, 1.165) is 0 Å². The second-order valence-electron chi connectivity index (χ2n) is 15.5. The van der Waals surface area contributed by atoms with Crippen LogP contribution in [0.1, 0.15) is 0 Å². The first-order valence-electron chi connectivity index (χ1n) is 21.9.